The highest BCUT2D eigenvalue weighted by molar-refractivity contribution is 7.90. The first-order valence-electron chi connectivity index (χ1n) is 11.9. The monoisotopic (exact) mass is 587 g/mol. The van der Waals surface area contributed by atoms with E-state index in [0.717, 1.165) is 11.4 Å². The third-order valence-electron chi connectivity index (χ3n) is 6.20. The van der Waals surface area contributed by atoms with Gasteiger partial charge >= 0.3 is 16.1 Å². The van der Waals surface area contributed by atoms with E-state index < -0.39 is 32.2 Å². The average Bonchev–Trinajstić information content (AvgIpc) is 2.89. The third-order valence-corrected chi connectivity index (χ3v) is 9.37. The molecule has 0 amide bonds. The van der Waals surface area contributed by atoms with Gasteiger partial charge < -0.3 is 14.0 Å². The van der Waals surface area contributed by atoms with Crippen molar-refractivity contribution in [3.05, 3.63) is 72.8 Å². The van der Waals surface area contributed by atoms with Gasteiger partial charge in [-0.1, -0.05) is 48.5 Å². The maximum atomic E-state index is 13.4. The van der Waals surface area contributed by atoms with E-state index >= 15 is 0 Å². The number of nitrogens with zero attached hydrogens (tertiary/aromatic N) is 2. The van der Waals surface area contributed by atoms with Crippen molar-refractivity contribution in [1.29, 1.82) is 0 Å². The van der Waals surface area contributed by atoms with Crippen LogP contribution in [0.1, 0.15) is 0 Å². The van der Waals surface area contributed by atoms with Gasteiger partial charge in [-0.05, 0) is 24.3 Å². The van der Waals surface area contributed by atoms with Crippen LogP contribution in [0.4, 0.5) is 11.4 Å². The van der Waals surface area contributed by atoms with E-state index in [9.17, 15) is 21.6 Å². The molecule has 1 atom stereocenters. The summed E-state index contributed by atoms with van der Waals surface area (Å²) in [6, 6.07) is 18.3. The van der Waals surface area contributed by atoms with E-state index in [-0.39, 0.29) is 15.5 Å². The number of carbonyl (C=O) groups excluding carboxylic acids is 1. The fourth-order valence-electron chi connectivity index (χ4n) is 4.38. The Bertz CT molecular complexity index is 1770. The van der Waals surface area contributed by atoms with Crippen molar-refractivity contribution in [2.75, 3.05) is 43.7 Å². The van der Waals surface area contributed by atoms with Crippen molar-refractivity contribution in [2.24, 2.45) is 0 Å². The topological polar surface area (TPSA) is 113 Å². The number of sulfonamides is 1. The van der Waals surface area contributed by atoms with E-state index in [4.69, 9.17) is 4.18 Å². The number of carbonyl (C=O) groups is 1. The second-order valence-electron chi connectivity index (χ2n) is 9.26. The first-order valence-corrected chi connectivity index (χ1v) is 15.4. The first-order chi connectivity index (χ1) is 18.4. The number of benzene rings is 4. The molecule has 0 unspecified atom stereocenters. The minimum atomic E-state index is -4.60. The van der Waals surface area contributed by atoms with Gasteiger partial charge in [0, 0.05) is 66.9 Å². The number of fused-ring (bicyclic) bond motifs is 2. The molecule has 0 aliphatic carbocycles. The van der Waals surface area contributed by atoms with Crippen LogP contribution in [0.25, 0.3) is 21.5 Å². The largest absolute Gasteiger partial charge is 0.377 e. The molecule has 0 bridgehead atoms. The highest BCUT2D eigenvalue weighted by Gasteiger charge is 2.32. The Labute approximate surface area is 234 Å². The maximum absolute atomic E-state index is 13.4. The molecule has 4 aromatic rings. The molecule has 0 aliphatic heterocycles. The van der Waals surface area contributed by atoms with Gasteiger partial charge in [-0.2, -0.15) is 25.8 Å². The average molecular weight is 588 g/mol. The molecule has 39 heavy (non-hydrogen) atoms. The van der Waals surface area contributed by atoms with Crippen LogP contribution >= 0.6 is 12.6 Å². The number of hydrogen-bond acceptors (Lipinski definition) is 9. The molecule has 0 saturated carbocycles. The third kappa shape index (κ3) is 5.69. The van der Waals surface area contributed by atoms with E-state index in [1.54, 1.807) is 48.5 Å². The fourth-order valence-corrected chi connectivity index (χ4v) is 7.27. The van der Waals surface area contributed by atoms with E-state index in [1.807, 2.05) is 50.1 Å². The second-order valence-corrected chi connectivity index (χ2v) is 12.8. The van der Waals surface area contributed by atoms with Crippen LogP contribution in [0.3, 0.4) is 0 Å². The predicted molar refractivity (Wildman–Crippen MR) is 158 cm³/mol. The molecule has 1 N–H and O–H groups in total. The van der Waals surface area contributed by atoms with Crippen LogP contribution in [0, 0.1) is 0 Å². The van der Waals surface area contributed by atoms with Crippen molar-refractivity contribution >= 4 is 71.7 Å². The van der Waals surface area contributed by atoms with Crippen molar-refractivity contribution in [3.8, 4) is 0 Å². The van der Waals surface area contributed by atoms with Gasteiger partial charge in [-0.15, -0.1) is 0 Å². The standard InChI is InChI=1S/C27H29N3O6S3/c1-29(2)23-13-5-11-20-18(23)9-7-15-25(20)38(32,33)28-22(17-37)27(31)36-39(34,35)26-16-8-10-19-21(26)12-6-14-24(19)30(3)4/h5-16,22,28,37H,17H2,1-4H3/t22-/m0/s1. The molecule has 0 aliphatic rings. The van der Waals surface area contributed by atoms with Gasteiger partial charge in [-0.3, -0.25) is 0 Å². The van der Waals surface area contributed by atoms with Crippen molar-refractivity contribution < 1.29 is 25.8 Å². The molecular weight excluding hydrogens is 559 g/mol. The summed E-state index contributed by atoms with van der Waals surface area (Å²) < 4.78 is 60.4. The number of rotatable bonds is 9. The summed E-state index contributed by atoms with van der Waals surface area (Å²) >= 11 is 4.09. The molecule has 0 saturated heterocycles. The summed E-state index contributed by atoms with van der Waals surface area (Å²) in [7, 11) is -1.52. The highest BCUT2D eigenvalue weighted by Crippen LogP contribution is 2.32. The summed E-state index contributed by atoms with van der Waals surface area (Å²) in [5.41, 5.74) is 1.60. The molecular formula is C27H29N3O6S3. The van der Waals surface area contributed by atoms with Gasteiger partial charge in [0.2, 0.25) is 10.0 Å². The molecule has 0 radical (unpaired) electrons. The van der Waals surface area contributed by atoms with Crippen LogP contribution in [0.2, 0.25) is 0 Å². The lowest BCUT2D eigenvalue weighted by atomic mass is 10.1. The Morgan fingerprint density at radius 3 is 1.67 bits per heavy atom. The minimum absolute atomic E-state index is 0.0589. The molecule has 4 rings (SSSR count). The maximum Gasteiger partial charge on any atom is 0.342 e. The molecule has 9 nitrogen and oxygen atoms in total. The smallest absolute Gasteiger partial charge is 0.342 e. The van der Waals surface area contributed by atoms with E-state index in [1.165, 1.54) is 12.1 Å². The number of nitrogens with one attached hydrogen (secondary N) is 1. The second kappa shape index (κ2) is 11.0. The summed E-state index contributed by atoms with van der Waals surface area (Å²) in [5, 5.41) is 2.17. The van der Waals surface area contributed by atoms with Crippen molar-refractivity contribution in [1.82, 2.24) is 4.72 Å². The number of hydrogen-bond donors (Lipinski definition) is 2. The molecule has 4 aromatic carbocycles. The summed E-state index contributed by atoms with van der Waals surface area (Å²) in [5.74, 6) is -1.62. The lowest BCUT2D eigenvalue weighted by Gasteiger charge is -2.19. The van der Waals surface area contributed by atoms with Crippen molar-refractivity contribution in [3.63, 3.8) is 0 Å². The van der Waals surface area contributed by atoms with Crippen LogP contribution in [-0.2, 0) is 29.1 Å². The zero-order valence-corrected chi connectivity index (χ0v) is 24.3. The normalized spacial score (nSPS) is 12.8. The minimum Gasteiger partial charge on any atom is -0.377 e. The van der Waals surface area contributed by atoms with Crippen LogP contribution in [0.5, 0.6) is 0 Å². The summed E-state index contributed by atoms with van der Waals surface area (Å²) in [6.45, 7) is 0. The quantitative estimate of drug-likeness (QED) is 0.226. The zero-order chi connectivity index (χ0) is 28.5. The molecule has 0 spiro atoms. The van der Waals surface area contributed by atoms with E-state index in [2.05, 4.69) is 17.4 Å². The van der Waals surface area contributed by atoms with Gasteiger partial charge in [0.05, 0.1) is 4.90 Å². The lowest BCUT2D eigenvalue weighted by Crippen LogP contribution is -2.43. The number of thiol groups is 1. The predicted octanol–water partition coefficient (Wildman–Crippen LogP) is 3.63. The van der Waals surface area contributed by atoms with E-state index in [0.29, 0.717) is 21.5 Å². The van der Waals surface area contributed by atoms with Gasteiger partial charge in [-0.25, -0.2) is 13.2 Å². The summed E-state index contributed by atoms with van der Waals surface area (Å²) in [6.07, 6.45) is 0. The Kier molecular flexibility index (Phi) is 8.12. The summed E-state index contributed by atoms with van der Waals surface area (Å²) in [4.78, 5) is 16.4. The van der Waals surface area contributed by atoms with Crippen LogP contribution in [-0.4, -0.2) is 62.8 Å². The van der Waals surface area contributed by atoms with Gasteiger partial charge in [0.1, 0.15) is 10.9 Å². The Hall–Kier alpha value is -3.32. The van der Waals surface area contributed by atoms with Crippen LogP contribution in [0.15, 0.2) is 82.6 Å². The number of anilines is 2. The Morgan fingerprint density at radius 2 is 1.18 bits per heavy atom. The molecule has 0 fully saturated rings. The molecule has 0 heterocycles. The first kappa shape index (κ1) is 28.7. The lowest BCUT2D eigenvalue weighted by molar-refractivity contribution is -0.135. The van der Waals surface area contributed by atoms with Gasteiger partial charge in [0.25, 0.3) is 0 Å². The zero-order valence-electron chi connectivity index (χ0n) is 21.8. The molecule has 12 heteroatoms. The molecule has 0 aromatic heterocycles. The SMILES string of the molecule is CN(C)c1cccc2c(S(=O)(=O)N[C@@H](CS)C(=O)OS(=O)(=O)c3cccc4c(N(C)C)cccc34)cccc12. The Morgan fingerprint density at radius 1 is 0.744 bits per heavy atom. The Balaban J connectivity index is 1.65. The molecule has 206 valence electrons. The van der Waals surface area contributed by atoms with Crippen LogP contribution < -0.4 is 14.5 Å². The highest BCUT2D eigenvalue weighted by atomic mass is 32.2. The van der Waals surface area contributed by atoms with Gasteiger partial charge in [0.15, 0.2) is 0 Å². The fraction of sp³-hybridized carbons (Fsp3) is 0.222. The van der Waals surface area contributed by atoms with Crippen molar-refractivity contribution in [2.45, 2.75) is 15.8 Å².